The van der Waals surface area contributed by atoms with Crippen LogP contribution in [0.5, 0.6) is 5.75 Å². The van der Waals surface area contributed by atoms with E-state index >= 15 is 0 Å². The number of benzene rings is 1. The molecule has 9 heteroatoms. The second kappa shape index (κ2) is 7.33. The fourth-order valence-corrected chi connectivity index (χ4v) is 5.24. The van der Waals surface area contributed by atoms with Gasteiger partial charge in [-0.3, -0.25) is 14.5 Å². The number of thiazole rings is 2. The number of aliphatic hydroxyl groups is 1. The van der Waals surface area contributed by atoms with E-state index in [2.05, 4.69) is 9.97 Å². The Kier molecular flexibility index (Phi) is 4.95. The molecule has 3 aromatic rings. The minimum atomic E-state index is -0.865. The SMILES string of the molecule is Cc1nc(C)c(C(=O)C2=C(O)C(=O)N(c3nccs3)C2c2cc(C)c(O)c(C)c2)s1. The second-order valence-electron chi connectivity index (χ2n) is 7.13. The summed E-state index contributed by atoms with van der Waals surface area (Å²) in [7, 11) is 0. The van der Waals surface area contributed by atoms with Crippen LogP contribution >= 0.6 is 22.7 Å². The highest BCUT2D eigenvalue weighted by molar-refractivity contribution is 7.14. The molecule has 3 heterocycles. The number of carbonyl (C=O) groups excluding carboxylic acids is 2. The van der Waals surface area contributed by atoms with Crippen molar-refractivity contribution in [2.75, 3.05) is 4.90 Å². The number of nitrogens with zero attached hydrogens (tertiary/aromatic N) is 3. The molecule has 154 valence electrons. The number of amides is 1. The predicted molar refractivity (Wildman–Crippen MR) is 115 cm³/mol. The van der Waals surface area contributed by atoms with Crippen molar-refractivity contribution in [3.63, 3.8) is 0 Å². The highest BCUT2D eigenvalue weighted by atomic mass is 32.1. The molecule has 1 aliphatic rings. The summed E-state index contributed by atoms with van der Waals surface area (Å²) in [6.07, 6.45) is 1.56. The number of aromatic hydroxyl groups is 1. The molecule has 1 unspecified atom stereocenters. The smallest absolute Gasteiger partial charge is 0.296 e. The van der Waals surface area contributed by atoms with Crippen LogP contribution in [-0.4, -0.2) is 31.9 Å². The van der Waals surface area contributed by atoms with Crippen molar-refractivity contribution in [2.45, 2.75) is 33.7 Å². The predicted octanol–water partition coefficient (Wildman–Crippen LogP) is 4.32. The first-order valence-corrected chi connectivity index (χ1v) is 10.8. The Balaban J connectivity index is 1.93. The molecule has 1 atom stereocenters. The van der Waals surface area contributed by atoms with E-state index in [0.717, 1.165) is 5.01 Å². The summed E-state index contributed by atoms with van der Waals surface area (Å²) in [5.41, 5.74) is 2.38. The van der Waals surface area contributed by atoms with E-state index in [0.29, 0.717) is 32.4 Å². The fourth-order valence-electron chi connectivity index (χ4n) is 3.70. The molecule has 2 N–H and O–H groups in total. The summed E-state index contributed by atoms with van der Waals surface area (Å²) in [5, 5.41) is 23.8. The van der Waals surface area contributed by atoms with Crippen molar-refractivity contribution < 1.29 is 19.8 Å². The number of ketones is 1. The van der Waals surface area contributed by atoms with Crippen molar-refractivity contribution in [1.29, 1.82) is 0 Å². The summed E-state index contributed by atoms with van der Waals surface area (Å²) < 4.78 is 0. The number of rotatable bonds is 4. The van der Waals surface area contributed by atoms with Gasteiger partial charge in [0.15, 0.2) is 10.9 Å². The molecule has 0 radical (unpaired) electrons. The molecule has 2 aromatic heterocycles. The number of aromatic nitrogens is 2. The van der Waals surface area contributed by atoms with Crippen LogP contribution in [0.25, 0.3) is 0 Å². The van der Waals surface area contributed by atoms with Crippen LogP contribution in [0.2, 0.25) is 0 Å². The van der Waals surface area contributed by atoms with Gasteiger partial charge in [-0.25, -0.2) is 9.97 Å². The number of anilines is 1. The molecule has 1 aromatic carbocycles. The molecular weight excluding hydrogens is 422 g/mol. The van der Waals surface area contributed by atoms with E-state index in [-0.39, 0.29) is 11.3 Å². The number of phenolic OH excluding ortho intramolecular Hbond substituents is 1. The first kappa shape index (κ1) is 20.2. The lowest BCUT2D eigenvalue weighted by atomic mass is 9.92. The average molecular weight is 442 g/mol. The lowest BCUT2D eigenvalue weighted by molar-refractivity contribution is -0.117. The van der Waals surface area contributed by atoms with Gasteiger partial charge in [-0.1, -0.05) is 0 Å². The standard InChI is InChI=1S/C21H19N3O4S2/c1-9-7-13(8-10(2)16(9)25)15-14(17(26)19-11(3)23-12(4)30-19)18(27)20(28)24(15)21-22-5-6-29-21/h5-8,15,25,27H,1-4H3. The number of aryl methyl sites for hydroxylation is 4. The first-order chi connectivity index (χ1) is 14.2. The molecule has 1 aliphatic heterocycles. The molecule has 0 bridgehead atoms. The summed E-state index contributed by atoms with van der Waals surface area (Å²) in [5.74, 6) is -1.55. The van der Waals surface area contributed by atoms with Gasteiger partial charge in [0.25, 0.3) is 5.91 Å². The molecule has 0 fully saturated rings. The molecule has 0 aliphatic carbocycles. The molecular formula is C21H19N3O4S2. The quantitative estimate of drug-likeness (QED) is 0.585. The Labute approximate surface area is 181 Å². The molecule has 4 rings (SSSR count). The zero-order valence-corrected chi connectivity index (χ0v) is 18.4. The highest BCUT2D eigenvalue weighted by Crippen LogP contribution is 2.44. The highest BCUT2D eigenvalue weighted by Gasteiger charge is 2.46. The summed E-state index contributed by atoms with van der Waals surface area (Å²) in [6, 6.07) is 2.57. The first-order valence-electron chi connectivity index (χ1n) is 9.15. The van der Waals surface area contributed by atoms with Crippen LogP contribution < -0.4 is 4.90 Å². The lowest BCUT2D eigenvalue weighted by Gasteiger charge is -2.25. The van der Waals surface area contributed by atoms with Crippen LogP contribution in [0, 0.1) is 27.7 Å². The van der Waals surface area contributed by atoms with Crippen molar-refractivity contribution >= 4 is 39.5 Å². The van der Waals surface area contributed by atoms with Gasteiger partial charge < -0.3 is 10.2 Å². The maximum absolute atomic E-state index is 13.5. The summed E-state index contributed by atoms with van der Waals surface area (Å²) >= 11 is 2.47. The number of hydrogen-bond acceptors (Lipinski definition) is 8. The van der Waals surface area contributed by atoms with Crippen molar-refractivity contribution in [2.24, 2.45) is 0 Å². The third-order valence-corrected chi connectivity index (χ3v) is 6.86. The molecule has 0 saturated carbocycles. The zero-order chi connectivity index (χ0) is 21.7. The van der Waals surface area contributed by atoms with Crippen molar-refractivity contribution in [3.05, 3.63) is 67.3 Å². The number of hydrogen-bond donors (Lipinski definition) is 2. The van der Waals surface area contributed by atoms with Gasteiger partial charge in [0, 0.05) is 11.6 Å². The lowest BCUT2D eigenvalue weighted by Crippen LogP contribution is -2.31. The van der Waals surface area contributed by atoms with Gasteiger partial charge in [0.1, 0.15) is 5.75 Å². The van der Waals surface area contributed by atoms with Gasteiger partial charge in [-0.2, -0.15) is 0 Å². The van der Waals surface area contributed by atoms with Crippen molar-refractivity contribution in [1.82, 2.24) is 9.97 Å². The zero-order valence-electron chi connectivity index (χ0n) is 16.8. The maximum Gasteiger partial charge on any atom is 0.296 e. The van der Waals surface area contributed by atoms with Gasteiger partial charge in [-0.05, 0) is 56.5 Å². The number of carbonyl (C=O) groups is 2. The second-order valence-corrected chi connectivity index (χ2v) is 9.21. The van der Waals surface area contributed by atoms with Gasteiger partial charge >= 0.3 is 0 Å². The van der Waals surface area contributed by atoms with Crippen LogP contribution in [-0.2, 0) is 4.79 Å². The minimum absolute atomic E-state index is 0.00793. The number of phenols is 1. The monoisotopic (exact) mass is 441 g/mol. The van der Waals surface area contributed by atoms with E-state index in [1.165, 1.54) is 27.6 Å². The van der Waals surface area contributed by atoms with E-state index < -0.39 is 23.5 Å². The average Bonchev–Trinajstić information content (AvgIpc) is 3.38. The molecule has 0 saturated heterocycles. The Morgan fingerprint density at radius 2 is 1.80 bits per heavy atom. The van der Waals surface area contributed by atoms with E-state index in [1.807, 2.05) is 0 Å². The molecule has 0 spiro atoms. The largest absolute Gasteiger partial charge is 0.507 e. The summed E-state index contributed by atoms with van der Waals surface area (Å²) in [6.45, 7) is 7.03. The van der Waals surface area contributed by atoms with Crippen LogP contribution in [0.3, 0.4) is 0 Å². The van der Waals surface area contributed by atoms with Crippen LogP contribution in [0.15, 0.2) is 35.0 Å². The van der Waals surface area contributed by atoms with E-state index in [1.54, 1.807) is 51.4 Å². The molecule has 1 amide bonds. The Morgan fingerprint density at radius 1 is 1.13 bits per heavy atom. The Hall–Kier alpha value is -3.04. The third kappa shape index (κ3) is 3.10. The molecule has 30 heavy (non-hydrogen) atoms. The van der Waals surface area contributed by atoms with Gasteiger partial charge in [-0.15, -0.1) is 22.7 Å². The van der Waals surface area contributed by atoms with E-state index in [4.69, 9.17) is 0 Å². The minimum Gasteiger partial charge on any atom is -0.507 e. The number of aliphatic hydroxyl groups excluding tert-OH is 1. The Bertz CT molecular complexity index is 1190. The normalized spacial score (nSPS) is 16.6. The topological polar surface area (TPSA) is 104 Å². The third-order valence-electron chi connectivity index (χ3n) is 5.02. The van der Waals surface area contributed by atoms with Crippen LogP contribution in [0.1, 0.15) is 43.1 Å². The van der Waals surface area contributed by atoms with Crippen LogP contribution in [0.4, 0.5) is 5.13 Å². The molecule has 7 nitrogen and oxygen atoms in total. The maximum atomic E-state index is 13.5. The summed E-state index contributed by atoms with van der Waals surface area (Å²) in [4.78, 5) is 36.8. The fraction of sp³-hybridized carbons (Fsp3) is 0.238. The van der Waals surface area contributed by atoms with Gasteiger partial charge in [0.2, 0.25) is 5.78 Å². The Morgan fingerprint density at radius 3 is 2.33 bits per heavy atom. The van der Waals surface area contributed by atoms with E-state index in [9.17, 15) is 19.8 Å². The number of Topliss-reactive ketones (excluding diaryl/α,β-unsaturated/α-hetero) is 1. The van der Waals surface area contributed by atoms with Gasteiger partial charge in [0.05, 0.1) is 27.2 Å². The van der Waals surface area contributed by atoms with Crippen molar-refractivity contribution in [3.8, 4) is 5.75 Å².